The van der Waals surface area contributed by atoms with Crippen molar-refractivity contribution in [2.24, 2.45) is 4.99 Å². The zero-order valence-electron chi connectivity index (χ0n) is 19.7. The van der Waals surface area contributed by atoms with Crippen LogP contribution in [0.1, 0.15) is 24.8 Å². The van der Waals surface area contributed by atoms with Crippen molar-refractivity contribution in [1.29, 1.82) is 0 Å². The van der Waals surface area contributed by atoms with Crippen molar-refractivity contribution in [3.8, 4) is 11.5 Å². The molecule has 0 aromatic heterocycles. The van der Waals surface area contributed by atoms with E-state index in [0.29, 0.717) is 40.7 Å². The molecule has 34 heavy (non-hydrogen) atoms. The van der Waals surface area contributed by atoms with Gasteiger partial charge in [0.2, 0.25) is 21.8 Å². The fourth-order valence-corrected chi connectivity index (χ4v) is 4.59. The fourth-order valence-electron chi connectivity index (χ4n) is 3.74. The molecule has 0 fully saturated rings. The number of benzene rings is 2. The lowest BCUT2D eigenvalue weighted by atomic mass is 9.93. The summed E-state index contributed by atoms with van der Waals surface area (Å²) in [5.74, 6) is -0.199. The van der Waals surface area contributed by atoms with Crippen molar-refractivity contribution in [2.45, 2.75) is 19.3 Å². The first-order valence-corrected chi connectivity index (χ1v) is 12.4. The fraction of sp³-hybridized carbons (Fsp3) is 0.348. The monoisotopic (exact) mass is 488 g/mol. The van der Waals surface area contributed by atoms with Crippen LogP contribution in [0.2, 0.25) is 0 Å². The molecular weight excluding hydrogens is 460 g/mol. The molecule has 0 radical (unpaired) electrons. The summed E-state index contributed by atoms with van der Waals surface area (Å²) in [6.45, 7) is 1.58. The number of anilines is 2. The molecule has 1 aliphatic rings. The van der Waals surface area contributed by atoms with Crippen LogP contribution < -0.4 is 24.4 Å². The first kappa shape index (κ1) is 25.0. The summed E-state index contributed by atoms with van der Waals surface area (Å²) in [6, 6.07) is 9.94. The van der Waals surface area contributed by atoms with Crippen LogP contribution in [0.3, 0.4) is 0 Å². The smallest absolute Gasteiger partial charge is 0.240 e. The molecule has 1 unspecified atom stereocenters. The predicted molar refractivity (Wildman–Crippen MR) is 131 cm³/mol. The zero-order chi connectivity index (χ0) is 25.0. The standard InChI is InChI=1S/C23H28N4O6S/c1-6-17(22-16-11-19(32-3)20(33-4)12-18(16)26-23(22)29)25-14-7-9-15(10-8-14)27(34(5,30)31)13-21(28)24-2/h7-12,22H,6,13H2,1-5H3,(H,24,28)(H,26,29). The Kier molecular flexibility index (Phi) is 7.45. The Hall–Kier alpha value is -3.60. The van der Waals surface area contributed by atoms with Crippen LogP contribution in [0.25, 0.3) is 0 Å². The lowest BCUT2D eigenvalue weighted by Crippen LogP contribution is -2.39. The van der Waals surface area contributed by atoms with Crippen LogP contribution >= 0.6 is 0 Å². The SMILES string of the molecule is CCC(=Nc1ccc(N(CC(=O)NC)S(C)(=O)=O)cc1)C1C(=O)Nc2cc(OC)c(OC)cc21. The Morgan fingerprint density at radius 1 is 1.15 bits per heavy atom. The van der Waals surface area contributed by atoms with Crippen LogP contribution in [-0.2, 0) is 19.6 Å². The number of hydrogen-bond acceptors (Lipinski definition) is 7. The van der Waals surface area contributed by atoms with Gasteiger partial charge in [-0.2, -0.15) is 0 Å². The molecule has 0 spiro atoms. The average molecular weight is 489 g/mol. The van der Waals surface area contributed by atoms with E-state index in [-0.39, 0.29) is 12.5 Å². The van der Waals surface area contributed by atoms with Gasteiger partial charge in [-0.05, 0) is 42.3 Å². The van der Waals surface area contributed by atoms with Gasteiger partial charge in [-0.15, -0.1) is 0 Å². The molecule has 182 valence electrons. The molecule has 3 rings (SSSR count). The summed E-state index contributed by atoms with van der Waals surface area (Å²) in [5, 5.41) is 5.29. The molecule has 2 N–H and O–H groups in total. The second kappa shape index (κ2) is 10.1. The van der Waals surface area contributed by atoms with Gasteiger partial charge < -0.3 is 20.1 Å². The lowest BCUT2D eigenvalue weighted by Gasteiger charge is -2.21. The first-order chi connectivity index (χ1) is 16.1. The Bertz CT molecular complexity index is 1220. The highest BCUT2D eigenvalue weighted by Crippen LogP contribution is 2.42. The maximum atomic E-state index is 12.8. The highest BCUT2D eigenvalue weighted by molar-refractivity contribution is 7.92. The summed E-state index contributed by atoms with van der Waals surface area (Å²) < 4.78 is 36.1. The molecular formula is C23H28N4O6S. The molecule has 11 heteroatoms. The van der Waals surface area contributed by atoms with Crippen LogP contribution in [0.4, 0.5) is 17.1 Å². The van der Waals surface area contributed by atoms with Gasteiger partial charge in [0, 0.05) is 24.5 Å². The molecule has 0 bridgehead atoms. The van der Waals surface area contributed by atoms with Gasteiger partial charge in [0.1, 0.15) is 12.5 Å². The van der Waals surface area contributed by atoms with Gasteiger partial charge in [0.25, 0.3) is 0 Å². The highest BCUT2D eigenvalue weighted by atomic mass is 32.2. The first-order valence-electron chi connectivity index (χ1n) is 10.6. The Morgan fingerprint density at radius 2 is 1.76 bits per heavy atom. The molecule has 0 saturated carbocycles. The van der Waals surface area contributed by atoms with Crippen molar-refractivity contribution in [1.82, 2.24) is 5.32 Å². The number of aliphatic imine (C=N–C) groups is 1. The topological polar surface area (TPSA) is 126 Å². The van der Waals surface area contributed by atoms with E-state index in [4.69, 9.17) is 9.47 Å². The van der Waals surface area contributed by atoms with E-state index in [1.54, 1.807) is 36.4 Å². The van der Waals surface area contributed by atoms with Crippen molar-refractivity contribution >= 4 is 44.6 Å². The molecule has 10 nitrogen and oxygen atoms in total. The van der Waals surface area contributed by atoms with E-state index < -0.39 is 21.8 Å². The largest absolute Gasteiger partial charge is 0.493 e. The van der Waals surface area contributed by atoms with Crippen molar-refractivity contribution in [3.05, 3.63) is 42.0 Å². The van der Waals surface area contributed by atoms with E-state index in [9.17, 15) is 18.0 Å². The second-order valence-corrected chi connectivity index (χ2v) is 9.54. The summed E-state index contributed by atoms with van der Waals surface area (Å²) in [6.07, 6.45) is 1.55. The predicted octanol–water partition coefficient (Wildman–Crippen LogP) is 2.43. The van der Waals surface area contributed by atoms with Gasteiger partial charge in [0.05, 0.1) is 31.9 Å². The number of nitrogens with zero attached hydrogens (tertiary/aromatic N) is 2. The van der Waals surface area contributed by atoms with Gasteiger partial charge in [-0.1, -0.05) is 6.92 Å². The minimum Gasteiger partial charge on any atom is -0.493 e. The van der Waals surface area contributed by atoms with Crippen LogP contribution in [-0.4, -0.2) is 60.0 Å². The number of ether oxygens (including phenoxy) is 2. The van der Waals surface area contributed by atoms with E-state index in [1.165, 1.54) is 21.3 Å². The Balaban J connectivity index is 1.95. The summed E-state index contributed by atoms with van der Waals surface area (Å²) >= 11 is 0. The molecule has 0 aliphatic carbocycles. The normalized spacial score (nSPS) is 15.4. The number of sulfonamides is 1. The van der Waals surface area contributed by atoms with Gasteiger partial charge in [-0.25, -0.2) is 8.42 Å². The molecule has 1 aliphatic heterocycles. The van der Waals surface area contributed by atoms with E-state index >= 15 is 0 Å². The molecule has 1 atom stereocenters. The quantitative estimate of drug-likeness (QED) is 0.522. The highest BCUT2D eigenvalue weighted by Gasteiger charge is 2.35. The number of nitrogens with one attached hydrogen (secondary N) is 2. The minimum atomic E-state index is -3.67. The molecule has 1 heterocycles. The number of rotatable bonds is 9. The zero-order valence-corrected chi connectivity index (χ0v) is 20.5. The van der Waals surface area contributed by atoms with Gasteiger partial charge in [-0.3, -0.25) is 18.9 Å². The molecule has 0 saturated heterocycles. The molecule has 2 aromatic rings. The summed E-state index contributed by atoms with van der Waals surface area (Å²) in [7, 11) is 0.832. The van der Waals surface area contributed by atoms with Crippen LogP contribution in [0, 0.1) is 0 Å². The number of carbonyl (C=O) groups excluding carboxylic acids is 2. The number of methoxy groups -OCH3 is 2. The number of fused-ring (bicyclic) bond motifs is 1. The van der Waals surface area contributed by atoms with Gasteiger partial charge >= 0.3 is 0 Å². The van der Waals surface area contributed by atoms with E-state index in [2.05, 4.69) is 15.6 Å². The Labute approximate surface area is 199 Å². The lowest BCUT2D eigenvalue weighted by molar-refractivity contribution is -0.119. The average Bonchev–Trinajstić information content (AvgIpc) is 3.13. The third kappa shape index (κ3) is 5.14. The van der Waals surface area contributed by atoms with Crippen LogP contribution in [0.15, 0.2) is 41.4 Å². The maximum Gasteiger partial charge on any atom is 0.240 e. The minimum absolute atomic E-state index is 0.198. The van der Waals surface area contributed by atoms with E-state index in [1.807, 2.05) is 6.92 Å². The van der Waals surface area contributed by atoms with Crippen molar-refractivity contribution in [2.75, 3.05) is 43.7 Å². The van der Waals surface area contributed by atoms with Gasteiger partial charge in [0.15, 0.2) is 11.5 Å². The van der Waals surface area contributed by atoms with E-state index in [0.717, 1.165) is 16.1 Å². The Morgan fingerprint density at radius 3 is 2.29 bits per heavy atom. The third-order valence-electron chi connectivity index (χ3n) is 5.46. The van der Waals surface area contributed by atoms with Crippen molar-refractivity contribution in [3.63, 3.8) is 0 Å². The number of carbonyl (C=O) groups is 2. The molecule has 2 amide bonds. The molecule has 2 aromatic carbocycles. The number of hydrogen-bond donors (Lipinski definition) is 2. The van der Waals surface area contributed by atoms with Crippen LogP contribution in [0.5, 0.6) is 11.5 Å². The third-order valence-corrected chi connectivity index (χ3v) is 6.60. The maximum absolute atomic E-state index is 12.8. The summed E-state index contributed by atoms with van der Waals surface area (Å²) in [5.41, 5.74) is 2.91. The second-order valence-electron chi connectivity index (χ2n) is 7.63. The van der Waals surface area contributed by atoms with Crippen molar-refractivity contribution < 1.29 is 27.5 Å². The summed E-state index contributed by atoms with van der Waals surface area (Å²) in [4.78, 5) is 29.3. The number of likely N-dealkylation sites (N-methyl/N-ethyl adjacent to an activating group) is 1. The number of amides is 2.